The highest BCUT2D eigenvalue weighted by Crippen LogP contribution is 2.30. The number of aromatic nitrogens is 3. The quantitative estimate of drug-likeness (QED) is 0.545. The third-order valence-corrected chi connectivity index (χ3v) is 4.30. The van der Waals surface area contributed by atoms with Gasteiger partial charge in [0.15, 0.2) is 0 Å². The summed E-state index contributed by atoms with van der Waals surface area (Å²) in [5.41, 5.74) is 2.37. The largest absolute Gasteiger partial charge is 0.495 e. The van der Waals surface area contributed by atoms with E-state index in [-0.39, 0.29) is 5.69 Å². The van der Waals surface area contributed by atoms with Gasteiger partial charge in [-0.3, -0.25) is 14.8 Å². The number of hydrogen-bond acceptors (Lipinski definition) is 7. The molecule has 0 saturated carbocycles. The Morgan fingerprint density at radius 1 is 1.46 bits per heavy atom. The molecule has 0 radical (unpaired) electrons. The van der Waals surface area contributed by atoms with Crippen molar-refractivity contribution in [1.29, 1.82) is 0 Å². The van der Waals surface area contributed by atoms with Crippen molar-refractivity contribution in [2.24, 2.45) is 7.05 Å². The molecule has 3 aromatic rings. The Morgan fingerprint density at radius 3 is 2.96 bits per heavy atom. The predicted molar refractivity (Wildman–Crippen MR) is 91.3 cm³/mol. The number of benzene rings is 1. The Morgan fingerprint density at radius 2 is 2.29 bits per heavy atom. The summed E-state index contributed by atoms with van der Waals surface area (Å²) in [6, 6.07) is 4.43. The lowest BCUT2D eigenvalue weighted by Gasteiger charge is -2.09. The van der Waals surface area contributed by atoms with Crippen molar-refractivity contribution >= 4 is 22.7 Å². The molecule has 2 heterocycles. The Balaban J connectivity index is 1.75. The third kappa shape index (κ3) is 3.35. The maximum atomic E-state index is 10.9. The predicted octanol–water partition coefficient (Wildman–Crippen LogP) is 3.07. The van der Waals surface area contributed by atoms with Crippen molar-refractivity contribution < 1.29 is 9.66 Å². The zero-order chi connectivity index (χ0) is 17.1. The van der Waals surface area contributed by atoms with Crippen molar-refractivity contribution in [2.45, 2.75) is 6.54 Å². The number of nitro groups is 1. The Hall–Kier alpha value is -2.94. The SMILES string of the molecule is COc1ccc([N+](=O)[O-])cc1NCc1csc(-c2cnn(C)c2)n1. The summed E-state index contributed by atoms with van der Waals surface area (Å²) in [6.45, 7) is 0.439. The number of nitrogens with one attached hydrogen (secondary N) is 1. The highest BCUT2D eigenvalue weighted by molar-refractivity contribution is 7.13. The minimum atomic E-state index is -0.437. The first-order valence-electron chi connectivity index (χ1n) is 7.06. The topological polar surface area (TPSA) is 95.1 Å². The lowest BCUT2D eigenvalue weighted by molar-refractivity contribution is -0.384. The normalized spacial score (nSPS) is 10.6. The fourth-order valence-corrected chi connectivity index (χ4v) is 2.98. The number of anilines is 1. The summed E-state index contributed by atoms with van der Waals surface area (Å²) in [5, 5.41) is 21.0. The molecular formula is C15H15N5O3S. The van der Waals surface area contributed by atoms with E-state index in [4.69, 9.17) is 4.74 Å². The van der Waals surface area contributed by atoms with E-state index >= 15 is 0 Å². The molecular weight excluding hydrogens is 330 g/mol. The molecule has 24 heavy (non-hydrogen) atoms. The number of nitro benzene ring substituents is 1. The van der Waals surface area contributed by atoms with E-state index in [9.17, 15) is 10.1 Å². The zero-order valence-electron chi connectivity index (χ0n) is 13.1. The number of hydrogen-bond donors (Lipinski definition) is 1. The highest BCUT2D eigenvalue weighted by Gasteiger charge is 2.12. The van der Waals surface area contributed by atoms with E-state index in [1.165, 1.54) is 30.6 Å². The first-order valence-corrected chi connectivity index (χ1v) is 7.94. The molecule has 1 aromatic carbocycles. The van der Waals surface area contributed by atoms with Gasteiger partial charge in [-0.25, -0.2) is 4.98 Å². The van der Waals surface area contributed by atoms with Gasteiger partial charge in [0.25, 0.3) is 5.69 Å². The summed E-state index contributed by atoms with van der Waals surface area (Å²) >= 11 is 1.53. The highest BCUT2D eigenvalue weighted by atomic mass is 32.1. The molecule has 0 aliphatic heterocycles. The van der Waals surface area contributed by atoms with Gasteiger partial charge in [0, 0.05) is 36.3 Å². The van der Waals surface area contributed by atoms with Crippen molar-refractivity contribution in [3.05, 3.63) is 51.8 Å². The van der Waals surface area contributed by atoms with Crippen LogP contribution in [0.1, 0.15) is 5.69 Å². The molecule has 2 aromatic heterocycles. The lowest BCUT2D eigenvalue weighted by atomic mass is 10.2. The van der Waals surface area contributed by atoms with Crippen molar-refractivity contribution in [1.82, 2.24) is 14.8 Å². The standard InChI is InChI=1S/C15H15N5O3S/c1-19-8-10(6-17-19)15-18-11(9-24-15)7-16-13-5-12(20(21)22)3-4-14(13)23-2/h3-6,8-9,16H,7H2,1-2H3. The van der Waals surface area contributed by atoms with Crippen molar-refractivity contribution in [2.75, 3.05) is 12.4 Å². The maximum Gasteiger partial charge on any atom is 0.271 e. The zero-order valence-corrected chi connectivity index (χ0v) is 13.9. The van der Waals surface area contributed by atoms with Gasteiger partial charge in [-0.05, 0) is 6.07 Å². The molecule has 8 nitrogen and oxygen atoms in total. The Bertz CT molecular complexity index is 874. The van der Waals surface area contributed by atoms with E-state index in [1.807, 2.05) is 18.6 Å². The summed E-state index contributed by atoms with van der Waals surface area (Å²) in [7, 11) is 3.38. The van der Waals surface area contributed by atoms with Crippen LogP contribution in [-0.4, -0.2) is 26.8 Å². The molecule has 0 aliphatic carbocycles. The van der Waals surface area contributed by atoms with E-state index < -0.39 is 4.92 Å². The van der Waals surface area contributed by atoms with Crippen molar-refractivity contribution in [3.8, 4) is 16.3 Å². The molecule has 0 spiro atoms. The second-order valence-corrected chi connectivity index (χ2v) is 5.90. The molecule has 0 bridgehead atoms. The van der Waals surface area contributed by atoms with Crippen LogP contribution in [-0.2, 0) is 13.6 Å². The first kappa shape index (κ1) is 15.9. The number of aryl methyl sites for hydroxylation is 1. The number of nitrogens with zero attached hydrogens (tertiary/aromatic N) is 4. The van der Waals surface area contributed by atoms with Crippen molar-refractivity contribution in [3.63, 3.8) is 0 Å². The van der Waals surface area contributed by atoms with Crippen LogP contribution in [0.25, 0.3) is 10.6 Å². The number of rotatable bonds is 6. The Kier molecular flexibility index (Phi) is 4.43. The van der Waals surface area contributed by atoms with Gasteiger partial charge in [0.1, 0.15) is 10.8 Å². The monoisotopic (exact) mass is 345 g/mol. The van der Waals surface area contributed by atoms with Gasteiger partial charge in [-0.2, -0.15) is 5.10 Å². The van der Waals surface area contributed by atoms with Crippen LogP contribution in [0, 0.1) is 10.1 Å². The third-order valence-electron chi connectivity index (χ3n) is 3.36. The average molecular weight is 345 g/mol. The average Bonchev–Trinajstić information content (AvgIpc) is 3.21. The van der Waals surface area contributed by atoms with Crippen LogP contribution in [0.2, 0.25) is 0 Å². The van der Waals surface area contributed by atoms with E-state index in [2.05, 4.69) is 15.4 Å². The fourth-order valence-electron chi connectivity index (χ4n) is 2.19. The lowest BCUT2D eigenvalue weighted by Crippen LogP contribution is -2.02. The van der Waals surface area contributed by atoms with Crippen LogP contribution in [0.3, 0.4) is 0 Å². The minimum Gasteiger partial charge on any atom is -0.495 e. The fraction of sp³-hybridized carbons (Fsp3) is 0.200. The summed E-state index contributed by atoms with van der Waals surface area (Å²) < 4.78 is 6.96. The first-order chi connectivity index (χ1) is 11.6. The van der Waals surface area contributed by atoms with Gasteiger partial charge in [-0.1, -0.05) is 0 Å². The summed E-state index contributed by atoms with van der Waals surface area (Å²) in [4.78, 5) is 15.0. The van der Waals surface area contributed by atoms with E-state index in [0.717, 1.165) is 16.3 Å². The van der Waals surface area contributed by atoms with Gasteiger partial charge in [0.2, 0.25) is 0 Å². The van der Waals surface area contributed by atoms with Crippen LogP contribution < -0.4 is 10.1 Å². The van der Waals surface area contributed by atoms with Crippen LogP contribution in [0.5, 0.6) is 5.75 Å². The van der Waals surface area contributed by atoms with Crippen LogP contribution >= 0.6 is 11.3 Å². The molecule has 0 fully saturated rings. The van der Waals surface area contributed by atoms with Gasteiger partial charge in [0.05, 0.1) is 36.2 Å². The molecule has 1 N–H and O–H groups in total. The van der Waals surface area contributed by atoms with E-state index in [1.54, 1.807) is 16.9 Å². The molecule has 3 rings (SSSR count). The molecule has 0 saturated heterocycles. The number of non-ortho nitro benzene ring substituents is 1. The molecule has 0 amide bonds. The minimum absolute atomic E-state index is 0.00706. The molecule has 9 heteroatoms. The number of thiazole rings is 1. The van der Waals surface area contributed by atoms with Crippen LogP contribution in [0.4, 0.5) is 11.4 Å². The number of methoxy groups -OCH3 is 1. The second kappa shape index (κ2) is 6.67. The maximum absolute atomic E-state index is 10.9. The molecule has 0 aliphatic rings. The summed E-state index contributed by atoms with van der Waals surface area (Å²) in [5.74, 6) is 0.545. The van der Waals surface area contributed by atoms with Gasteiger partial charge >= 0.3 is 0 Å². The molecule has 0 unspecified atom stereocenters. The molecule has 0 atom stereocenters. The second-order valence-electron chi connectivity index (χ2n) is 5.04. The molecule has 124 valence electrons. The Labute approximate surface area is 141 Å². The van der Waals surface area contributed by atoms with E-state index in [0.29, 0.717) is 18.0 Å². The smallest absolute Gasteiger partial charge is 0.271 e. The van der Waals surface area contributed by atoms with Gasteiger partial charge in [-0.15, -0.1) is 11.3 Å². The number of ether oxygens (including phenoxy) is 1. The van der Waals surface area contributed by atoms with Crippen LogP contribution in [0.15, 0.2) is 36.0 Å². The summed E-state index contributed by atoms with van der Waals surface area (Å²) in [6.07, 6.45) is 3.67. The van der Waals surface area contributed by atoms with Gasteiger partial charge < -0.3 is 10.1 Å².